The van der Waals surface area contributed by atoms with Crippen molar-refractivity contribution in [1.82, 2.24) is 4.90 Å². The third-order valence-corrected chi connectivity index (χ3v) is 3.99. The zero-order valence-electron chi connectivity index (χ0n) is 16.1. The monoisotopic (exact) mass is 420 g/mol. The van der Waals surface area contributed by atoms with Crippen LogP contribution in [0, 0.1) is 11.3 Å². The lowest BCUT2D eigenvalue weighted by Crippen LogP contribution is -2.39. The molecule has 0 atom stereocenters. The molecule has 0 aliphatic heterocycles. The fourth-order valence-electron chi connectivity index (χ4n) is 2.53. The van der Waals surface area contributed by atoms with Crippen molar-refractivity contribution in [3.8, 4) is 11.8 Å². The van der Waals surface area contributed by atoms with Gasteiger partial charge in [-0.15, -0.1) is 0 Å². The lowest BCUT2D eigenvalue weighted by molar-refractivity contribution is -0.150. The Hall–Kier alpha value is -3.54. The number of esters is 1. The molecule has 0 saturated carbocycles. The number of nitriles is 1. The molecule has 30 heavy (non-hydrogen) atoms. The molecule has 0 spiro atoms. The summed E-state index contributed by atoms with van der Waals surface area (Å²) in [6, 6.07) is 12.6. The van der Waals surface area contributed by atoms with E-state index in [1.807, 2.05) is 6.07 Å². The second kappa shape index (κ2) is 10.3. The van der Waals surface area contributed by atoms with Crippen LogP contribution in [0.1, 0.15) is 23.6 Å². The molecule has 0 aromatic heterocycles. The highest BCUT2D eigenvalue weighted by Crippen LogP contribution is 2.29. The summed E-state index contributed by atoms with van der Waals surface area (Å²) in [6.07, 6.45) is -4.47. The largest absolute Gasteiger partial charge is 0.482 e. The number of carbonyl (C=O) groups excluding carboxylic acids is 2. The number of alkyl halides is 3. The van der Waals surface area contributed by atoms with Gasteiger partial charge in [0.2, 0.25) is 0 Å². The molecule has 2 aromatic rings. The van der Waals surface area contributed by atoms with Gasteiger partial charge in [-0.1, -0.05) is 24.3 Å². The van der Waals surface area contributed by atoms with E-state index in [0.717, 1.165) is 17.0 Å². The molecule has 2 rings (SSSR count). The summed E-state index contributed by atoms with van der Waals surface area (Å²) >= 11 is 0. The van der Waals surface area contributed by atoms with E-state index >= 15 is 0 Å². The number of hydrogen-bond donors (Lipinski definition) is 0. The van der Waals surface area contributed by atoms with Gasteiger partial charge in [0.25, 0.3) is 5.91 Å². The number of ether oxygens (including phenoxy) is 2. The predicted molar refractivity (Wildman–Crippen MR) is 100 cm³/mol. The van der Waals surface area contributed by atoms with Crippen LogP contribution in [-0.2, 0) is 27.0 Å². The average molecular weight is 420 g/mol. The number of carbonyl (C=O) groups is 2. The molecule has 6 nitrogen and oxygen atoms in total. The molecule has 0 aliphatic carbocycles. The van der Waals surface area contributed by atoms with Crippen molar-refractivity contribution in [2.75, 3.05) is 19.8 Å². The minimum Gasteiger partial charge on any atom is -0.482 e. The van der Waals surface area contributed by atoms with Gasteiger partial charge in [0, 0.05) is 6.54 Å². The Morgan fingerprint density at radius 1 is 1.10 bits per heavy atom. The Bertz CT molecular complexity index is 921. The van der Waals surface area contributed by atoms with Crippen molar-refractivity contribution in [3.63, 3.8) is 0 Å². The van der Waals surface area contributed by atoms with Crippen molar-refractivity contribution < 1.29 is 32.2 Å². The minimum atomic E-state index is -4.47. The van der Waals surface area contributed by atoms with Gasteiger partial charge in [-0.2, -0.15) is 18.4 Å². The summed E-state index contributed by atoms with van der Waals surface area (Å²) in [7, 11) is 0. The fourth-order valence-corrected chi connectivity index (χ4v) is 2.53. The number of nitrogens with zero attached hydrogens (tertiary/aromatic N) is 2. The van der Waals surface area contributed by atoms with Gasteiger partial charge in [0.1, 0.15) is 18.4 Å². The first-order valence-electron chi connectivity index (χ1n) is 8.96. The van der Waals surface area contributed by atoms with Gasteiger partial charge in [-0.05, 0) is 36.8 Å². The van der Waals surface area contributed by atoms with Crippen molar-refractivity contribution >= 4 is 11.9 Å². The molecular formula is C21H19F3N2O4. The lowest BCUT2D eigenvalue weighted by atomic mass is 10.1. The lowest BCUT2D eigenvalue weighted by Gasteiger charge is -2.22. The maximum Gasteiger partial charge on any atom is 0.416 e. The van der Waals surface area contributed by atoms with Crippen molar-refractivity contribution in [3.05, 3.63) is 65.2 Å². The van der Waals surface area contributed by atoms with E-state index in [4.69, 9.17) is 14.7 Å². The van der Waals surface area contributed by atoms with Crippen LogP contribution in [0.2, 0.25) is 0 Å². The van der Waals surface area contributed by atoms with Crippen molar-refractivity contribution in [2.45, 2.75) is 19.6 Å². The molecule has 0 saturated heterocycles. The van der Waals surface area contributed by atoms with Crippen LogP contribution in [0.4, 0.5) is 13.2 Å². The topological polar surface area (TPSA) is 79.6 Å². The van der Waals surface area contributed by atoms with E-state index in [1.165, 1.54) is 24.3 Å². The number of halogens is 3. The predicted octanol–water partition coefficient (Wildman–Crippen LogP) is 3.55. The van der Waals surface area contributed by atoms with Gasteiger partial charge >= 0.3 is 12.1 Å². The Morgan fingerprint density at radius 3 is 2.37 bits per heavy atom. The number of para-hydroxylation sites is 1. The van der Waals surface area contributed by atoms with Crippen LogP contribution < -0.4 is 4.74 Å². The zero-order chi connectivity index (χ0) is 22.1. The fraction of sp³-hybridized carbons (Fsp3) is 0.286. The Kier molecular flexibility index (Phi) is 7.81. The van der Waals surface area contributed by atoms with Crippen LogP contribution >= 0.6 is 0 Å². The molecule has 0 N–H and O–H groups in total. The number of rotatable bonds is 8. The highest BCUT2D eigenvalue weighted by atomic mass is 19.4. The number of benzene rings is 2. The summed E-state index contributed by atoms with van der Waals surface area (Å²) in [6.45, 7) is 0.768. The molecule has 1 amide bonds. The average Bonchev–Trinajstić information content (AvgIpc) is 2.71. The Morgan fingerprint density at radius 2 is 1.77 bits per heavy atom. The quantitative estimate of drug-likeness (QED) is 0.611. The molecule has 2 aromatic carbocycles. The summed E-state index contributed by atoms with van der Waals surface area (Å²) in [5.74, 6) is -1.04. The molecule has 0 fully saturated rings. The van der Waals surface area contributed by atoms with Crippen molar-refractivity contribution in [1.29, 1.82) is 5.26 Å². The van der Waals surface area contributed by atoms with Crippen molar-refractivity contribution in [2.24, 2.45) is 0 Å². The third kappa shape index (κ3) is 6.51. The maximum absolute atomic E-state index is 12.7. The van der Waals surface area contributed by atoms with E-state index in [2.05, 4.69) is 0 Å². The molecule has 0 unspecified atom stereocenters. The maximum atomic E-state index is 12.7. The van der Waals surface area contributed by atoms with E-state index < -0.39 is 36.8 Å². The smallest absolute Gasteiger partial charge is 0.416 e. The van der Waals surface area contributed by atoms with Crippen LogP contribution in [0.3, 0.4) is 0 Å². The van der Waals surface area contributed by atoms with E-state index in [1.54, 1.807) is 19.1 Å². The van der Waals surface area contributed by atoms with Gasteiger partial charge < -0.3 is 14.4 Å². The first-order valence-corrected chi connectivity index (χ1v) is 8.96. The molecule has 0 aliphatic rings. The molecule has 158 valence electrons. The van der Waals surface area contributed by atoms with E-state index in [9.17, 15) is 22.8 Å². The normalized spacial score (nSPS) is 10.8. The molecular weight excluding hydrogens is 401 g/mol. The standard InChI is InChI=1S/C21H19F3N2O4/c1-2-29-20(28)13-26(12-15-7-9-17(10-8-15)21(22,23)24)19(27)14-30-18-6-4-3-5-16(18)11-25/h3-10H,2,12-14H2,1H3. The van der Waals surface area contributed by atoms with E-state index in [-0.39, 0.29) is 24.5 Å². The van der Waals surface area contributed by atoms with Gasteiger partial charge in [0.05, 0.1) is 17.7 Å². The first kappa shape index (κ1) is 22.7. The Balaban J connectivity index is 2.12. The molecule has 0 radical (unpaired) electrons. The number of hydrogen-bond acceptors (Lipinski definition) is 5. The minimum absolute atomic E-state index is 0.112. The highest BCUT2D eigenvalue weighted by Gasteiger charge is 2.30. The molecule has 0 heterocycles. The van der Waals surface area contributed by atoms with Gasteiger partial charge in [-0.25, -0.2) is 0 Å². The summed E-state index contributed by atoms with van der Waals surface area (Å²) < 4.78 is 48.4. The van der Waals surface area contributed by atoms with Crippen LogP contribution in [0.15, 0.2) is 48.5 Å². The summed E-state index contributed by atoms with van der Waals surface area (Å²) in [5, 5.41) is 9.08. The van der Waals surface area contributed by atoms with Crippen LogP contribution in [-0.4, -0.2) is 36.5 Å². The molecule has 0 bridgehead atoms. The van der Waals surface area contributed by atoms with Crippen LogP contribution in [0.25, 0.3) is 0 Å². The highest BCUT2D eigenvalue weighted by molar-refractivity contribution is 5.83. The second-order valence-corrected chi connectivity index (χ2v) is 6.15. The Labute approximate surface area is 171 Å². The zero-order valence-corrected chi connectivity index (χ0v) is 16.1. The number of amides is 1. The SMILES string of the molecule is CCOC(=O)CN(Cc1ccc(C(F)(F)F)cc1)C(=O)COc1ccccc1C#N. The first-order chi connectivity index (χ1) is 14.2. The van der Waals surface area contributed by atoms with Crippen LogP contribution in [0.5, 0.6) is 5.75 Å². The van der Waals surface area contributed by atoms with Gasteiger partial charge in [0.15, 0.2) is 6.61 Å². The van der Waals surface area contributed by atoms with Gasteiger partial charge in [-0.3, -0.25) is 9.59 Å². The van der Waals surface area contributed by atoms with E-state index in [0.29, 0.717) is 5.56 Å². The second-order valence-electron chi connectivity index (χ2n) is 6.15. The summed E-state index contributed by atoms with van der Waals surface area (Å²) in [4.78, 5) is 25.6. The molecule has 9 heteroatoms. The summed E-state index contributed by atoms with van der Waals surface area (Å²) in [5.41, 5.74) is -0.172. The third-order valence-electron chi connectivity index (χ3n) is 3.99.